The summed E-state index contributed by atoms with van der Waals surface area (Å²) in [6.45, 7) is 9.68. The van der Waals surface area contributed by atoms with E-state index < -0.39 is 5.60 Å². The molecule has 2 N–H and O–H groups in total. The molecule has 6 nitrogen and oxygen atoms in total. The number of methoxy groups -OCH3 is 1. The van der Waals surface area contributed by atoms with Gasteiger partial charge in [0.05, 0.1) is 18.5 Å². The topological polar surface area (TPSA) is 68.0 Å². The van der Waals surface area contributed by atoms with Gasteiger partial charge in [0, 0.05) is 25.7 Å². The van der Waals surface area contributed by atoms with Gasteiger partial charge in [0.25, 0.3) is 0 Å². The molecule has 1 aliphatic heterocycles. The van der Waals surface area contributed by atoms with Crippen LogP contribution in [-0.2, 0) is 4.74 Å². The summed E-state index contributed by atoms with van der Waals surface area (Å²) >= 11 is 0. The highest BCUT2D eigenvalue weighted by Gasteiger charge is 2.31. The first-order chi connectivity index (χ1) is 10.7. The summed E-state index contributed by atoms with van der Waals surface area (Å²) in [5.74, 6) is 0.686. The minimum absolute atomic E-state index is 0.0461. The maximum atomic E-state index is 12.3. The van der Waals surface area contributed by atoms with Gasteiger partial charge in [0.15, 0.2) is 5.75 Å². The number of anilines is 2. The average molecular weight is 321 g/mol. The summed E-state index contributed by atoms with van der Waals surface area (Å²) in [5, 5.41) is 0. The van der Waals surface area contributed by atoms with Gasteiger partial charge in [-0.05, 0) is 39.8 Å². The lowest BCUT2D eigenvalue weighted by Crippen LogP contribution is -2.55. The number of nitrogen functional groups attached to an aromatic ring is 1. The quantitative estimate of drug-likeness (QED) is 0.848. The van der Waals surface area contributed by atoms with E-state index in [1.165, 1.54) is 0 Å². The first-order valence-electron chi connectivity index (χ1n) is 7.90. The Morgan fingerprint density at radius 2 is 2.00 bits per heavy atom. The first-order valence-corrected chi connectivity index (χ1v) is 7.90. The highest BCUT2D eigenvalue weighted by Crippen LogP contribution is 2.35. The maximum absolute atomic E-state index is 12.3. The Bertz CT molecular complexity index is 569. The van der Waals surface area contributed by atoms with Gasteiger partial charge in [-0.3, -0.25) is 0 Å². The van der Waals surface area contributed by atoms with Crippen LogP contribution in [0.3, 0.4) is 0 Å². The maximum Gasteiger partial charge on any atom is 0.410 e. The highest BCUT2D eigenvalue weighted by atomic mass is 16.6. The number of hydrogen-bond donors (Lipinski definition) is 1. The fourth-order valence-electron chi connectivity index (χ4n) is 2.78. The Labute approximate surface area is 138 Å². The molecule has 1 aliphatic rings. The molecular formula is C17H27N3O3. The lowest BCUT2D eigenvalue weighted by Gasteiger charge is -2.41. The second-order valence-corrected chi connectivity index (χ2v) is 6.87. The summed E-state index contributed by atoms with van der Waals surface area (Å²) in [4.78, 5) is 16.3. The number of piperazine rings is 1. The van der Waals surface area contributed by atoms with E-state index in [0.29, 0.717) is 31.1 Å². The monoisotopic (exact) mass is 321 g/mol. The molecule has 1 fully saturated rings. The molecule has 1 saturated heterocycles. The van der Waals surface area contributed by atoms with Gasteiger partial charge in [0.1, 0.15) is 5.60 Å². The van der Waals surface area contributed by atoms with Crippen molar-refractivity contribution in [2.75, 3.05) is 37.4 Å². The third kappa shape index (κ3) is 4.00. The number of benzene rings is 1. The normalized spacial score (nSPS) is 18.7. The fourth-order valence-corrected chi connectivity index (χ4v) is 2.78. The molecule has 1 unspecified atom stereocenters. The van der Waals surface area contributed by atoms with E-state index in [1.54, 1.807) is 12.0 Å². The van der Waals surface area contributed by atoms with Crippen molar-refractivity contribution < 1.29 is 14.3 Å². The van der Waals surface area contributed by atoms with Crippen LogP contribution in [0.4, 0.5) is 16.2 Å². The van der Waals surface area contributed by atoms with Crippen molar-refractivity contribution in [3.05, 3.63) is 18.2 Å². The molecule has 1 aromatic rings. The van der Waals surface area contributed by atoms with E-state index in [2.05, 4.69) is 4.90 Å². The highest BCUT2D eigenvalue weighted by molar-refractivity contribution is 5.72. The summed E-state index contributed by atoms with van der Waals surface area (Å²) in [5.41, 5.74) is 7.08. The molecule has 1 amide bonds. The van der Waals surface area contributed by atoms with Crippen LogP contribution in [0.25, 0.3) is 0 Å². The number of hydrogen-bond acceptors (Lipinski definition) is 5. The Morgan fingerprint density at radius 3 is 2.57 bits per heavy atom. The molecule has 23 heavy (non-hydrogen) atoms. The van der Waals surface area contributed by atoms with Gasteiger partial charge >= 0.3 is 6.09 Å². The molecule has 6 heteroatoms. The number of carbonyl (C=O) groups excluding carboxylic acids is 1. The Morgan fingerprint density at radius 1 is 1.30 bits per heavy atom. The Balaban J connectivity index is 2.10. The predicted molar refractivity (Wildman–Crippen MR) is 92.0 cm³/mol. The van der Waals surface area contributed by atoms with Crippen LogP contribution in [0.1, 0.15) is 27.7 Å². The average Bonchev–Trinajstić information content (AvgIpc) is 2.44. The number of rotatable bonds is 2. The van der Waals surface area contributed by atoms with Crippen LogP contribution in [0.15, 0.2) is 18.2 Å². The molecule has 1 atom stereocenters. The molecule has 1 heterocycles. The van der Waals surface area contributed by atoms with Crippen molar-refractivity contribution >= 4 is 17.5 Å². The first kappa shape index (κ1) is 17.2. The van der Waals surface area contributed by atoms with E-state index in [4.69, 9.17) is 15.2 Å². The van der Waals surface area contributed by atoms with Crippen LogP contribution >= 0.6 is 0 Å². The largest absolute Gasteiger partial charge is 0.492 e. The van der Waals surface area contributed by atoms with Crippen molar-refractivity contribution in [3.8, 4) is 5.75 Å². The van der Waals surface area contributed by atoms with Crippen LogP contribution in [0, 0.1) is 0 Å². The molecule has 0 spiro atoms. The molecule has 0 aromatic heterocycles. The standard InChI is InChI=1S/C17H27N3O3/c1-12-11-19(14-8-6-7-13(18)15(14)22-5)9-10-20(12)16(21)23-17(2,3)4/h6-8,12H,9-11,18H2,1-5H3. The zero-order valence-electron chi connectivity index (χ0n) is 14.6. The Kier molecular flexibility index (Phi) is 4.92. The minimum Gasteiger partial charge on any atom is -0.492 e. The molecule has 0 aliphatic carbocycles. The van der Waals surface area contributed by atoms with E-state index in [0.717, 1.165) is 5.69 Å². The molecule has 0 saturated carbocycles. The minimum atomic E-state index is -0.481. The number of para-hydroxylation sites is 1. The third-order valence-electron chi connectivity index (χ3n) is 3.83. The second-order valence-electron chi connectivity index (χ2n) is 6.87. The number of carbonyl (C=O) groups is 1. The molecule has 0 bridgehead atoms. The number of amides is 1. The predicted octanol–water partition coefficient (Wildman–Crippen LogP) is 2.72. The Hall–Kier alpha value is -2.11. The van der Waals surface area contributed by atoms with Crippen LogP contribution in [-0.4, -0.2) is 49.4 Å². The lowest BCUT2D eigenvalue weighted by atomic mass is 10.1. The number of nitrogens with zero attached hydrogens (tertiary/aromatic N) is 2. The van der Waals surface area contributed by atoms with E-state index in [-0.39, 0.29) is 12.1 Å². The summed E-state index contributed by atoms with van der Waals surface area (Å²) < 4.78 is 10.9. The van der Waals surface area contributed by atoms with Crippen molar-refractivity contribution in [1.82, 2.24) is 4.90 Å². The van der Waals surface area contributed by atoms with Crippen molar-refractivity contribution in [2.45, 2.75) is 39.3 Å². The van der Waals surface area contributed by atoms with Crippen molar-refractivity contribution in [2.24, 2.45) is 0 Å². The molecule has 0 radical (unpaired) electrons. The van der Waals surface area contributed by atoms with Gasteiger partial charge in [-0.25, -0.2) is 4.79 Å². The fraction of sp³-hybridized carbons (Fsp3) is 0.588. The van der Waals surface area contributed by atoms with E-state index in [9.17, 15) is 4.79 Å². The van der Waals surface area contributed by atoms with Crippen molar-refractivity contribution in [1.29, 1.82) is 0 Å². The zero-order valence-corrected chi connectivity index (χ0v) is 14.6. The summed E-state index contributed by atoms with van der Waals surface area (Å²) in [6, 6.07) is 5.77. The van der Waals surface area contributed by atoms with Gasteiger partial charge in [0.2, 0.25) is 0 Å². The van der Waals surface area contributed by atoms with Gasteiger partial charge < -0.3 is 25.0 Å². The van der Waals surface area contributed by atoms with Gasteiger partial charge in [-0.2, -0.15) is 0 Å². The van der Waals surface area contributed by atoms with Gasteiger partial charge in [-0.1, -0.05) is 6.07 Å². The van der Waals surface area contributed by atoms with Crippen LogP contribution in [0.5, 0.6) is 5.75 Å². The van der Waals surface area contributed by atoms with Gasteiger partial charge in [-0.15, -0.1) is 0 Å². The number of ether oxygens (including phenoxy) is 2. The molecule has 1 aromatic carbocycles. The summed E-state index contributed by atoms with van der Waals surface area (Å²) in [7, 11) is 1.62. The second kappa shape index (κ2) is 6.56. The van der Waals surface area contributed by atoms with E-state index >= 15 is 0 Å². The van der Waals surface area contributed by atoms with Crippen molar-refractivity contribution in [3.63, 3.8) is 0 Å². The zero-order chi connectivity index (χ0) is 17.2. The molecule has 128 valence electrons. The number of nitrogens with two attached hydrogens (primary N) is 1. The SMILES string of the molecule is COc1c(N)cccc1N1CCN(C(=O)OC(C)(C)C)C(C)C1. The van der Waals surface area contributed by atoms with Crippen LogP contribution < -0.4 is 15.4 Å². The van der Waals surface area contributed by atoms with E-state index in [1.807, 2.05) is 45.9 Å². The smallest absolute Gasteiger partial charge is 0.410 e. The third-order valence-corrected chi connectivity index (χ3v) is 3.83. The van der Waals surface area contributed by atoms with Crippen LogP contribution in [0.2, 0.25) is 0 Å². The molecule has 2 rings (SSSR count). The lowest BCUT2D eigenvalue weighted by molar-refractivity contribution is 0.0159. The summed E-state index contributed by atoms with van der Waals surface area (Å²) in [6.07, 6.45) is -0.260. The molecular weight excluding hydrogens is 294 g/mol.